The van der Waals surface area contributed by atoms with Gasteiger partial charge in [0, 0.05) is 5.02 Å². The molecule has 8 nitrogen and oxygen atoms in total. The summed E-state index contributed by atoms with van der Waals surface area (Å²) < 4.78 is 105. The van der Waals surface area contributed by atoms with Crippen LogP contribution in [0.15, 0.2) is 152 Å². The monoisotopic (exact) mass is 894 g/mol. The van der Waals surface area contributed by atoms with Gasteiger partial charge in [-0.05, 0) is 159 Å². The first-order chi connectivity index (χ1) is 24.7. The van der Waals surface area contributed by atoms with Gasteiger partial charge in [-0.15, -0.1) is 0 Å². The van der Waals surface area contributed by atoms with Gasteiger partial charge in [-0.1, -0.05) is 17.7 Å². The van der Waals surface area contributed by atoms with Gasteiger partial charge in [0.1, 0.15) is 40.4 Å². The molecule has 0 radical (unpaired) electrons. The molecule has 2 N–H and O–H groups in total. The van der Waals surface area contributed by atoms with Crippen molar-refractivity contribution >= 4 is 74.9 Å². The van der Waals surface area contributed by atoms with Crippen LogP contribution in [-0.2, 0) is 20.0 Å². The molecule has 6 aromatic carbocycles. The molecule has 0 fully saturated rings. The zero-order valence-corrected chi connectivity index (χ0v) is 31.8. The van der Waals surface area contributed by atoms with E-state index in [0.29, 0.717) is 48.3 Å². The summed E-state index contributed by atoms with van der Waals surface area (Å²) in [6, 6.07) is 30.9. The van der Waals surface area contributed by atoms with Crippen LogP contribution in [0.2, 0.25) is 5.02 Å². The lowest BCUT2D eigenvalue weighted by molar-refractivity contribution is 0.477. The van der Waals surface area contributed by atoms with E-state index in [1.807, 2.05) is 0 Å². The highest BCUT2D eigenvalue weighted by Gasteiger charge is 2.17. The van der Waals surface area contributed by atoms with Crippen LogP contribution in [0.4, 0.5) is 24.5 Å². The third-order valence-electron chi connectivity index (χ3n) is 6.68. The highest BCUT2D eigenvalue weighted by molar-refractivity contribution is 9.11. The first-order valence-electron chi connectivity index (χ1n) is 14.7. The van der Waals surface area contributed by atoms with Gasteiger partial charge in [-0.2, -0.15) is 0 Å². The first kappa shape index (κ1) is 38.7. The fourth-order valence-corrected chi connectivity index (χ4v) is 7.55. The Morgan fingerprint density at radius 2 is 0.904 bits per heavy atom. The Morgan fingerprint density at radius 3 is 1.31 bits per heavy atom. The number of hydrogen-bond donors (Lipinski definition) is 2. The second-order valence-electron chi connectivity index (χ2n) is 10.5. The lowest BCUT2D eigenvalue weighted by Gasteiger charge is -2.12. The van der Waals surface area contributed by atoms with E-state index in [0.717, 1.165) is 12.1 Å². The molecule has 0 aliphatic heterocycles. The van der Waals surface area contributed by atoms with Gasteiger partial charge in [0.05, 0.1) is 30.1 Å². The smallest absolute Gasteiger partial charge is 0.261 e. The van der Waals surface area contributed by atoms with Crippen molar-refractivity contribution in [2.75, 3.05) is 9.44 Å². The number of hydrogen-bond acceptors (Lipinski definition) is 6. The van der Waals surface area contributed by atoms with Gasteiger partial charge in [0.15, 0.2) is 0 Å². The molecule has 0 aliphatic carbocycles. The third-order valence-corrected chi connectivity index (χ3v) is 10.9. The topological polar surface area (TPSA) is 111 Å². The van der Waals surface area contributed by atoms with Crippen LogP contribution in [0.1, 0.15) is 0 Å². The maximum absolute atomic E-state index is 12.9. The molecular formula is C36H24Br2ClF3N2O6S2. The molecule has 16 heteroatoms. The second kappa shape index (κ2) is 16.9. The predicted octanol–water partition coefficient (Wildman–Crippen LogP) is 11.2. The van der Waals surface area contributed by atoms with Crippen LogP contribution in [-0.4, -0.2) is 16.8 Å². The molecule has 0 atom stereocenters. The van der Waals surface area contributed by atoms with Crippen molar-refractivity contribution in [1.82, 2.24) is 0 Å². The summed E-state index contributed by atoms with van der Waals surface area (Å²) in [7, 11) is -7.61. The van der Waals surface area contributed by atoms with E-state index < -0.39 is 25.9 Å². The van der Waals surface area contributed by atoms with Gasteiger partial charge in [-0.3, -0.25) is 9.44 Å². The standard InChI is InChI=1S/C18H12BrClFNO3S.C18H12BrF2NO3S/c19-17-11-14(22-26(23,24)16-3-1-2-12(20)10-16)6-9-18(17)25-15-7-4-13(21)5-8-15;19-17-11-14(22-26(23,24)16-8-3-13(21)4-9-16)5-10-18(17)25-15-6-1-12(20)2-7-15/h2*1-11,22H. The Bertz CT molecular complexity index is 2410. The van der Waals surface area contributed by atoms with Crippen LogP contribution in [0, 0.1) is 17.5 Å². The van der Waals surface area contributed by atoms with E-state index >= 15 is 0 Å². The molecule has 0 amide bonds. The van der Waals surface area contributed by atoms with Crippen molar-refractivity contribution in [2.45, 2.75) is 9.79 Å². The molecule has 0 aliphatic rings. The molecule has 52 heavy (non-hydrogen) atoms. The number of sulfonamides is 2. The fraction of sp³-hybridized carbons (Fsp3) is 0. The van der Waals surface area contributed by atoms with E-state index in [9.17, 15) is 30.0 Å². The van der Waals surface area contributed by atoms with Crippen LogP contribution in [0.25, 0.3) is 0 Å². The number of anilines is 2. The summed E-state index contributed by atoms with van der Waals surface area (Å²) in [6.07, 6.45) is 0. The maximum Gasteiger partial charge on any atom is 0.261 e. The number of nitrogens with one attached hydrogen (secondary N) is 2. The lowest BCUT2D eigenvalue weighted by Crippen LogP contribution is -2.12. The van der Waals surface area contributed by atoms with Crippen molar-refractivity contribution in [3.05, 3.63) is 165 Å². The molecule has 0 spiro atoms. The van der Waals surface area contributed by atoms with Crippen molar-refractivity contribution in [1.29, 1.82) is 0 Å². The highest BCUT2D eigenvalue weighted by atomic mass is 79.9. The lowest BCUT2D eigenvalue weighted by atomic mass is 10.3. The van der Waals surface area contributed by atoms with Crippen molar-refractivity contribution in [3.63, 3.8) is 0 Å². The summed E-state index contributed by atoms with van der Waals surface area (Å²) in [5, 5.41) is 0.331. The molecule has 0 aromatic heterocycles. The molecule has 0 heterocycles. The third kappa shape index (κ3) is 10.7. The molecule has 0 bridgehead atoms. The van der Waals surface area contributed by atoms with E-state index in [2.05, 4.69) is 41.3 Å². The zero-order valence-electron chi connectivity index (χ0n) is 26.2. The summed E-state index contributed by atoms with van der Waals surface area (Å²) in [5.41, 5.74) is 0.649. The average molecular weight is 897 g/mol. The molecule has 268 valence electrons. The number of ether oxygens (including phenoxy) is 2. The average Bonchev–Trinajstić information content (AvgIpc) is 3.09. The second-order valence-corrected chi connectivity index (χ2v) is 16.0. The molecule has 0 unspecified atom stereocenters. The largest absolute Gasteiger partial charge is 0.456 e. The molecular weight excluding hydrogens is 873 g/mol. The van der Waals surface area contributed by atoms with Gasteiger partial charge in [-0.25, -0.2) is 30.0 Å². The summed E-state index contributed by atoms with van der Waals surface area (Å²) in [6.45, 7) is 0. The van der Waals surface area contributed by atoms with Gasteiger partial charge in [0.25, 0.3) is 20.0 Å². The quantitative estimate of drug-likeness (QED) is 0.142. The molecule has 6 aromatic rings. The summed E-state index contributed by atoms with van der Waals surface area (Å²) >= 11 is 12.5. The van der Waals surface area contributed by atoms with Crippen LogP contribution < -0.4 is 18.9 Å². The maximum atomic E-state index is 12.9. The van der Waals surface area contributed by atoms with Crippen molar-refractivity contribution in [2.24, 2.45) is 0 Å². The van der Waals surface area contributed by atoms with E-state index in [-0.39, 0.29) is 21.4 Å². The fourth-order valence-electron chi connectivity index (χ4n) is 4.23. The number of benzene rings is 6. The summed E-state index contributed by atoms with van der Waals surface area (Å²) in [5.74, 6) is 0.535. The normalized spacial score (nSPS) is 11.2. The highest BCUT2D eigenvalue weighted by Crippen LogP contribution is 2.34. The first-order valence-corrected chi connectivity index (χ1v) is 19.6. The predicted molar refractivity (Wildman–Crippen MR) is 201 cm³/mol. The Kier molecular flexibility index (Phi) is 12.5. The zero-order chi connectivity index (χ0) is 37.5. The minimum absolute atomic E-state index is 0.0540. The SMILES string of the molecule is O=S(=O)(Nc1ccc(Oc2ccc(F)cc2)c(Br)c1)c1ccc(F)cc1.O=S(=O)(Nc1ccc(Oc2ccc(F)cc2)c(Br)c1)c1cccc(Cl)c1. The minimum Gasteiger partial charge on any atom is -0.456 e. The van der Waals surface area contributed by atoms with Crippen LogP contribution in [0.3, 0.4) is 0 Å². The van der Waals surface area contributed by atoms with Gasteiger partial charge in [0.2, 0.25) is 0 Å². The van der Waals surface area contributed by atoms with Crippen LogP contribution >= 0.6 is 43.5 Å². The van der Waals surface area contributed by atoms with E-state index in [4.69, 9.17) is 21.1 Å². The Morgan fingerprint density at radius 1 is 0.500 bits per heavy atom. The van der Waals surface area contributed by atoms with Crippen molar-refractivity contribution < 1.29 is 39.5 Å². The Labute approximate surface area is 319 Å². The van der Waals surface area contributed by atoms with Crippen LogP contribution in [0.5, 0.6) is 23.0 Å². The number of rotatable bonds is 10. The van der Waals surface area contributed by atoms with E-state index in [1.54, 1.807) is 36.4 Å². The van der Waals surface area contributed by atoms with Gasteiger partial charge >= 0.3 is 0 Å². The van der Waals surface area contributed by atoms with E-state index in [1.165, 1.54) is 84.9 Å². The molecule has 0 saturated heterocycles. The molecule has 6 rings (SSSR count). The Hall–Kier alpha value is -4.54. The summed E-state index contributed by atoms with van der Waals surface area (Å²) in [4.78, 5) is 0.00872. The number of halogens is 6. The molecule has 0 saturated carbocycles. The van der Waals surface area contributed by atoms with Gasteiger partial charge < -0.3 is 9.47 Å². The minimum atomic E-state index is -3.84. The van der Waals surface area contributed by atoms with Crippen molar-refractivity contribution in [3.8, 4) is 23.0 Å². The Balaban J connectivity index is 0.000000201.